The van der Waals surface area contributed by atoms with E-state index in [1.54, 1.807) is 0 Å². The van der Waals surface area contributed by atoms with Crippen LogP contribution in [0.15, 0.2) is 0 Å². The Hall–Kier alpha value is 0.360. The number of piperazine rings is 1. The molecule has 2 fully saturated rings. The van der Waals surface area contributed by atoms with Gasteiger partial charge in [0.2, 0.25) is 0 Å². The van der Waals surface area contributed by atoms with Crippen molar-refractivity contribution in [2.24, 2.45) is 0 Å². The van der Waals surface area contributed by atoms with Gasteiger partial charge >= 0.3 is 0 Å². The van der Waals surface area contributed by atoms with E-state index < -0.39 is 0 Å². The third-order valence-corrected chi connectivity index (χ3v) is 3.58. The van der Waals surface area contributed by atoms with Crippen LogP contribution in [-0.2, 0) is 4.74 Å². The van der Waals surface area contributed by atoms with Gasteiger partial charge in [-0.05, 0) is 6.42 Å². The Balaban J connectivity index is 1.72. The van der Waals surface area contributed by atoms with Gasteiger partial charge in [-0.2, -0.15) is 0 Å². The van der Waals surface area contributed by atoms with Crippen molar-refractivity contribution in [3.8, 4) is 0 Å². The average Bonchev–Trinajstić information content (AvgIpc) is 2.72. The smallest absolute Gasteiger partial charge is 0.0622 e. The fraction of sp³-hybridized carbons (Fsp3) is 1.00. The molecule has 2 rings (SSSR count). The Kier molecular flexibility index (Phi) is 4.23. The van der Waals surface area contributed by atoms with Gasteiger partial charge < -0.3 is 4.74 Å². The lowest BCUT2D eigenvalue weighted by Crippen LogP contribution is -2.50. The van der Waals surface area contributed by atoms with E-state index in [9.17, 15) is 0 Å². The SMILES string of the molecule is BrCCN1CCN(C2CCOC2)CC1. The second-order valence-electron chi connectivity index (χ2n) is 4.08. The molecule has 82 valence electrons. The van der Waals surface area contributed by atoms with Crippen LogP contribution in [0.25, 0.3) is 0 Å². The summed E-state index contributed by atoms with van der Waals surface area (Å²) in [5.41, 5.74) is 0. The standard InChI is InChI=1S/C10H19BrN2O/c11-2-3-12-4-6-13(7-5-12)10-1-8-14-9-10/h10H,1-9H2. The molecular formula is C10H19BrN2O. The molecule has 0 N–H and O–H groups in total. The summed E-state index contributed by atoms with van der Waals surface area (Å²) in [7, 11) is 0. The minimum Gasteiger partial charge on any atom is -0.380 e. The summed E-state index contributed by atoms with van der Waals surface area (Å²) in [6.07, 6.45) is 1.23. The summed E-state index contributed by atoms with van der Waals surface area (Å²) >= 11 is 3.49. The van der Waals surface area contributed by atoms with Crippen LogP contribution >= 0.6 is 15.9 Å². The van der Waals surface area contributed by atoms with Gasteiger partial charge in [0, 0.05) is 50.7 Å². The molecule has 0 saturated carbocycles. The molecule has 3 nitrogen and oxygen atoms in total. The number of ether oxygens (including phenoxy) is 1. The first-order chi connectivity index (χ1) is 6.90. The van der Waals surface area contributed by atoms with Crippen molar-refractivity contribution in [2.75, 3.05) is 51.3 Å². The van der Waals surface area contributed by atoms with Gasteiger partial charge in [-0.25, -0.2) is 0 Å². The van der Waals surface area contributed by atoms with Gasteiger partial charge in [0.25, 0.3) is 0 Å². The van der Waals surface area contributed by atoms with Gasteiger partial charge in [-0.1, -0.05) is 15.9 Å². The Morgan fingerprint density at radius 2 is 2.00 bits per heavy atom. The van der Waals surface area contributed by atoms with Crippen molar-refractivity contribution in [2.45, 2.75) is 12.5 Å². The minimum absolute atomic E-state index is 0.709. The zero-order valence-electron chi connectivity index (χ0n) is 8.62. The van der Waals surface area contributed by atoms with Crippen molar-refractivity contribution in [1.82, 2.24) is 9.80 Å². The molecule has 2 aliphatic heterocycles. The Morgan fingerprint density at radius 3 is 2.57 bits per heavy atom. The molecule has 0 radical (unpaired) electrons. The Morgan fingerprint density at radius 1 is 1.21 bits per heavy atom. The topological polar surface area (TPSA) is 15.7 Å². The van der Waals surface area contributed by atoms with Gasteiger partial charge in [0.15, 0.2) is 0 Å². The summed E-state index contributed by atoms with van der Waals surface area (Å²) in [6.45, 7) is 8.01. The monoisotopic (exact) mass is 262 g/mol. The molecule has 2 saturated heterocycles. The van der Waals surface area contributed by atoms with Gasteiger partial charge in [0.1, 0.15) is 0 Å². The summed E-state index contributed by atoms with van der Waals surface area (Å²) in [5, 5.41) is 1.10. The number of nitrogens with zero attached hydrogens (tertiary/aromatic N) is 2. The van der Waals surface area contributed by atoms with E-state index in [1.165, 1.54) is 39.1 Å². The highest BCUT2D eigenvalue weighted by Gasteiger charge is 2.26. The molecule has 0 aromatic carbocycles. The Labute approximate surface area is 94.5 Å². The molecule has 0 aromatic heterocycles. The largest absolute Gasteiger partial charge is 0.380 e. The van der Waals surface area contributed by atoms with Gasteiger partial charge in [-0.3, -0.25) is 9.80 Å². The Bertz CT molecular complexity index is 166. The number of hydrogen-bond donors (Lipinski definition) is 0. The van der Waals surface area contributed by atoms with Gasteiger partial charge in [0.05, 0.1) is 6.61 Å². The van der Waals surface area contributed by atoms with Crippen molar-refractivity contribution in [3.63, 3.8) is 0 Å². The molecule has 2 heterocycles. The van der Waals surface area contributed by atoms with E-state index in [2.05, 4.69) is 25.7 Å². The fourth-order valence-corrected chi connectivity index (χ4v) is 2.78. The van der Waals surface area contributed by atoms with E-state index in [0.717, 1.165) is 18.5 Å². The van der Waals surface area contributed by atoms with Crippen molar-refractivity contribution < 1.29 is 4.74 Å². The van der Waals surface area contributed by atoms with Crippen LogP contribution in [0.5, 0.6) is 0 Å². The summed E-state index contributed by atoms with van der Waals surface area (Å²) in [6, 6.07) is 0.709. The summed E-state index contributed by atoms with van der Waals surface area (Å²) < 4.78 is 5.42. The highest BCUT2D eigenvalue weighted by molar-refractivity contribution is 9.09. The number of halogens is 1. The quantitative estimate of drug-likeness (QED) is 0.700. The van der Waals surface area contributed by atoms with E-state index in [4.69, 9.17) is 4.74 Å². The molecule has 4 heteroatoms. The van der Waals surface area contributed by atoms with Crippen LogP contribution in [0.3, 0.4) is 0 Å². The van der Waals surface area contributed by atoms with Crippen molar-refractivity contribution in [3.05, 3.63) is 0 Å². The second-order valence-corrected chi connectivity index (χ2v) is 4.88. The number of rotatable bonds is 3. The predicted molar refractivity (Wildman–Crippen MR) is 61.0 cm³/mol. The normalized spacial score (nSPS) is 31.1. The van der Waals surface area contributed by atoms with Crippen molar-refractivity contribution in [1.29, 1.82) is 0 Å². The number of hydrogen-bond acceptors (Lipinski definition) is 3. The van der Waals surface area contributed by atoms with E-state index in [-0.39, 0.29) is 0 Å². The minimum atomic E-state index is 0.709. The first-order valence-electron chi connectivity index (χ1n) is 5.50. The molecule has 0 aliphatic carbocycles. The van der Waals surface area contributed by atoms with Crippen LogP contribution in [0.2, 0.25) is 0 Å². The number of alkyl halides is 1. The molecular weight excluding hydrogens is 244 g/mol. The predicted octanol–water partition coefficient (Wildman–Crippen LogP) is 0.788. The molecule has 2 aliphatic rings. The zero-order valence-corrected chi connectivity index (χ0v) is 10.2. The first kappa shape index (κ1) is 10.9. The first-order valence-corrected chi connectivity index (χ1v) is 6.62. The molecule has 14 heavy (non-hydrogen) atoms. The van der Waals surface area contributed by atoms with E-state index in [1.807, 2.05) is 0 Å². The van der Waals surface area contributed by atoms with Gasteiger partial charge in [-0.15, -0.1) is 0 Å². The lowest BCUT2D eigenvalue weighted by atomic mass is 10.2. The third kappa shape index (κ3) is 2.69. The van der Waals surface area contributed by atoms with Crippen LogP contribution in [0.1, 0.15) is 6.42 Å². The van der Waals surface area contributed by atoms with E-state index >= 15 is 0 Å². The highest BCUT2D eigenvalue weighted by Crippen LogP contribution is 2.14. The highest BCUT2D eigenvalue weighted by atomic mass is 79.9. The molecule has 1 atom stereocenters. The van der Waals surface area contributed by atoms with Crippen LogP contribution in [-0.4, -0.2) is 67.1 Å². The van der Waals surface area contributed by atoms with Crippen LogP contribution in [0, 0.1) is 0 Å². The lowest BCUT2D eigenvalue weighted by Gasteiger charge is -2.37. The summed E-state index contributed by atoms with van der Waals surface area (Å²) in [4.78, 5) is 5.12. The second kappa shape index (κ2) is 5.45. The molecule has 0 aromatic rings. The maximum Gasteiger partial charge on any atom is 0.0622 e. The molecule has 0 amide bonds. The molecule has 0 spiro atoms. The van der Waals surface area contributed by atoms with Crippen molar-refractivity contribution >= 4 is 15.9 Å². The third-order valence-electron chi connectivity index (χ3n) is 3.23. The fourth-order valence-electron chi connectivity index (χ4n) is 2.28. The zero-order chi connectivity index (χ0) is 9.80. The average molecular weight is 263 g/mol. The maximum absolute atomic E-state index is 5.42. The van der Waals surface area contributed by atoms with Crippen LogP contribution < -0.4 is 0 Å². The van der Waals surface area contributed by atoms with Crippen LogP contribution in [0.4, 0.5) is 0 Å². The lowest BCUT2D eigenvalue weighted by molar-refractivity contribution is 0.0880. The maximum atomic E-state index is 5.42. The summed E-state index contributed by atoms with van der Waals surface area (Å²) in [5.74, 6) is 0. The van der Waals surface area contributed by atoms with E-state index in [0.29, 0.717) is 6.04 Å². The molecule has 0 bridgehead atoms. The molecule has 1 unspecified atom stereocenters.